The standard InChI is InChI=1S/C26H30FNO/c1-3-5-7-17-29-23-13-10-21(11-14-23)22-12-16-26(28-19-22)24-15-9-20(8-6-4-2)18-25(24)27/h9-16,18-19H,3-8,17H2,1-2H3. The molecule has 1 aromatic heterocycles. The van der Waals surface area contributed by atoms with Gasteiger partial charge in [0, 0.05) is 17.3 Å². The summed E-state index contributed by atoms with van der Waals surface area (Å²) < 4.78 is 20.3. The molecule has 0 unspecified atom stereocenters. The number of hydrogen-bond donors (Lipinski definition) is 0. The van der Waals surface area contributed by atoms with Gasteiger partial charge in [-0.3, -0.25) is 4.98 Å². The van der Waals surface area contributed by atoms with Crippen molar-refractivity contribution in [3.8, 4) is 28.1 Å². The van der Waals surface area contributed by atoms with E-state index in [-0.39, 0.29) is 5.82 Å². The maximum Gasteiger partial charge on any atom is 0.132 e. The molecule has 0 amide bonds. The molecule has 0 aliphatic carbocycles. The zero-order chi connectivity index (χ0) is 20.5. The Labute approximate surface area is 173 Å². The Morgan fingerprint density at radius 1 is 0.828 bits per heavy atom. The van der Waals surface area contributed by atoms with Gasteiger partial charge in [-0.05, 0) is 60.7 Å². The van der Waals surface area contributed by atoms with Gasteiger partial charge < -0.3 is 4.74 Å². The Morgan fingerprint density at radius 2 is 1.59 bits per heavy atom. The zero-order valence-electron chi connectivity index (χ0n) is 17.5. The summed E-state index contributed by atoms with van der Waals surface area (Å²) in [7, 11) is 0. The highest BCUT2D eigenvalue weighted by Crippen LogP contribution is 2.26. The van der Waals surface area contributed by atoms with E-state index in [9.17, 15) is 4.39 Å². The molecule has 0 radical (unpaired) electrons. The molecule has 29 heavy (non-hydrogen) atoms. The molecule has 0 bridgehead atoms. The van der Waals surface area contributed by atoms with Crippen molar-refractivity contribution >= 4 is 0 Å². The molecule has 2 aromatic carbocycles. The summed E-state index contributed by atoms with van der Waals surface area (Å²) in [5.41, 5.74) is 4.32. The number of halogens is 1. The van der Waals surface area contributed by atoms with Crippen LogP contribution < -0.4 is 4.74 Å². The van der Waals surface area contributed by atoms with Crippen LogP contribution >= 0.6 is 0 Å². The van der Waals surface area contributed by atoms with Gasteiger partial charge in [-0.25, -0.2) is 4.39 Å². The van der Waals surface area contributed by atoms with E-state index >= 15 is 0 Å². The summed E-state index contributed by atoms with van der Waals surface area (Å²) in [6, 6.07) is 17.4. The highest BCUT2D eigenvalue weighted by molar-refractivity contribution is 5.67. The molecule has 0 saturated carbocycles. The topological polar surface area (TPSA) is 22.1 Å². The summed E-state index contributed by atoms with van der Waals surface area (Å²) in [5, 5.41) is 0. The van der Waals surface area contributed by atoms with Gasteiger partial charge in [-0.1, -0.05) is 57.4 Å². The first-order valence-corrected chi connectivity index (χ1v) is 10.7. The smallest absolute Gasteiger partial charge is 0.132 e. The van der Waals surface area contributed by atoms with Gasteiger partial charge in [0.25, 0.3) is 0 Å². The van der Waals surface area contributed by atoms with Crippen molar-refractivity contribution in [2.45, 2.75) is 52.4 Å². The third kappa shape index (κ3) is 5.90. The molecule has 1 heterocycles. The van der Waals surface area contributed by atoms with Crippen LogP contribution in [0, 0.1) is 5.82 Å². The summed E-state index contributed by atoms with van der Waals surface area (Å²) in [6.07, 6.45) is 8.37. The molecule has 0 N–H and O–H groups in total. The molecule has 0 fully saturated rings. The van der Waals surface area contributed by atoms with Crippen LogP contribution in [0.5, 0.6) is 5.75 Å². The lowest BCUT2D eigenvalue weighted by Gasteiger charge is -2.09. The van der Waals surface area contributed by atoms with Crippen molar-refractivity contribution in [2.75, 3.05) is 6.61 Å². The molecule has 0 saturated heterocycles. The van der Waals surface area contributed by atoms with E-state index in [0.29, 0.717) is 11.3 Å². The lowest BCUT2D eigenvalue weighted by atomic mass is 10.0. The lowest BCUT2D eigenvalue weighted by Crippen LogP contribution is -1.96. The number of aryl methyl sites for hydroxylation is 1. The van der Waals surface area contributed by atoms with E-state index in [4.69, 9.17) is 4.74 Å². The quantitative estimate of drug-likeness (QED) is 0.334. The number of unbranched alkanes of at least 4 members (excludes halogenated alkanes) is 3. The zero-order valence-corrected chi connectivity index (χ0v) is 17.5. The summed E-state index contributed by atoms with van der Waals surface area (Å²) in [6.45, 7) is 5.09. The second-order valence-electron chi connectivity index (χ2n) is 7.43. The minimum atomic E-state index is -0.205. The van der Waals surface area contributed by atoms with Crippen molar-refractivity contribution in [3.63, 3.8) is 0 Å². The van der Waals surface area contributed by atoms with Crippen molar-refractivity contribution in [1.82, 2.24) is 4.98 Å². The van der Waals surface area contributed by atoms with Gasteiger partial charge in [-0.15, -0.1) is 0 Å². The molecule has 152 valence electrons. The fourth-order valence-electron chi connectivity index (χ4n) is 3.31. The molecular formula is C26H30FNO. The number of pyridine rings is 1. The van der Waals surface area contributed by atoms with Gasteiger partial charge in [-0.2, -0.15) is 0 Å². The van der Waals surface area contributed by atoms with Crippen molar-refractivity contribution in [2.24, 2.45) is 0 Å². The van der Waals surface area contributed by atoms with Gasteiger partial charge >= 0.3 is 0 Å². The Morgan fingerprint density at radius 3 is 2.24 bits per heavy atom. The molecule has 3 rings (SSSR count). The average Bonchev–Trinajstić information content (AvgIpc) is 2.76. The minimum absolute atomic E-state index is 0.205. The molecule has 0 aliphatic heterocycles. The van der Waals surface area contributed by atoms with E-state index in [1.54, 1.807) is 12.3 Å². The van der Waals surface area contributed by atoms with Gasteiger partial charge in [0.2, 0.25) is 0 Å². The van der Waals surface area contributed by atoms with Crippen LogP contribution in [0.15, 0.2) is 60.8 Å². The first-order valence-electron chi connectivity index (χ1n) is 10.7. The highest BCUT2D eigenvalue weighted by Gasteiger charge is 2.08. The van der Waals surface area contributed by atoms with E-state index in [2.05, 4.69) is 18.8 Å². The largest absolute Gasteiger partial charge is 0.494 e. The molecule has 0 aliphatic rings. The highest BCUT2D eigenvalue weighted by atomic mass is 19.1. The summed E-state index contributed by atoms with van der Waals surface area (Å²) in [5.74, 6) is 0.683. The predicted molar refractivity (Wildman–Crippen MR) is 119 cm³/mol. The average molecular weight is 392 g/mol. The van der Waals surface area contributed by atoms with Crippen LogP contribution in [-0.2, 0) is 6.42 Å². The first-order chi connectivity index (χ1) is 14.2. The number of nitrogens with zero attached hydrogens (tertiary/aromatic N) is 1. The molecule has 0 spiro atoms. The molecule has 3 heteroatoms. The van der Waals surface area contributed by atoms with Gasteiger partial charge in [0.1, 0.15) is 11.6 Å². The summed E-state index contributed by atoms with van der Waals surface area (Å²) >= 11 is 0. The summed E-state index contributed by atoms with van der Waals surface area (Å²) in [4.78, 5) is 4.50. The van der Waals surface area contributed by atoms with E-state index < -0.39 is 0 Å². The van der Waals surface area contributed by atoms with E-state index in [1.165, 1.54) is 12.8 Å². The fraction of sp³-hybridized carbons (Fsp3) is 0.346. The third-order valence-corrected chi connectivity index (χ3v) is 5.10. The third-order valence-electron chi connectivity index (χ3n) is 5.10. The van der Waals surface area contributed by atoms with Crippen LogP contribution in [0.25, 0.3) is 22.4 Å². The maximum atomic E-state index is 14.5. The van der Waals surface area contributed by atoms with Crippen LogP contribution in [0.3, 0.4) is 0 Å². The van der Waals surface area contributed by atoms with Crippen LogP contribution in [0.4, 0.5) is 4.39 Å². The van der Waals surface area contributed by atoms with Crippen LogP contribution in [-0.4, -0.2) is 11.6 Å². The van der Waals surface area contributed by atoms with Crippen molar-refractivity contribution in [3.05, 3.63) is 72.2 Å². The van der Waals surface area contributed by atoms with Crippen LogP contribution in [0.2, 0.25) is 0 Å². The number of rotatable bonds is 10. The number of aromatic nitrogens is 1. The Kier molecular flexibility index (Phi) is 7.80. The number of hydrogen-bond acceptors (Lipinski definition) is 2. The molecule has 0 atom stereocenters. The SMILES string of the molecule is CCCCCOc1ccc(-c2ccc(-c3ccc(CCCC)cc3F)nc2)cc1. The fourth-order valence-corrected chi connectivity index (χ4v) is 3.31. The number of ether oxygens (including phenoxy) is 1. The second kappa shape index (κ2) is 10.8. The van der Waals surface area contributed by atoms with Crippen LogP contribution in [0.1, 0.15) is 51.5 Å². The van der Waals surface area contributed by atoms with Crippen molar-refractivity contribution < 1.29 is 9.13 Å². The minimum Gasteiger partial charge on any atom is -0.494 e. The van der Waals surface area contributed by atoms with Gasteiger partial charge in [0.05, 0.1) is 12.3 Å². The molecular weight excluding hydrogens is 361 g/mol. The second-order valence-corrected chi connectivity index (χ2v) is 7.43. The molecule has 3 aromatic rings. The monoisotopic (exact) mass is 391 g/mol. The van der Waals surface area contributed by atoms with E-state index in [1.807, 2.05) is 48.5 Å². The van der Waals surface area contributed by atoms with E-state index in [0.717, 1.165) is 54.7 Å². The molecule has 2 nitrogen and oxygen atoms in total. The van der Waals surface area contributed by atoms with Gasteiger partial charge in [0.15, 0.2) is 0 Å². The normalized spacial score (nSPS) is 10.9. The lowest BCUT2D eigenvalue weighted by molar-refractivity contribution is 0.306. The Hall–Kier alpha value is -2.68. The predicted octanol–water partition coefficient (Wildman–Crippen LogP) is 7.47. The number of benzene rings is 2. The maximum absolute atomic E-state index is 14.5. The Balaban J connectivity index is 1.67. The first kappa shape index (κ1) is 21.0. The Bertz CT molecular complexity index is 888. The van der Waals surface area contributed by atoms with Crippen molar-refractivity contribution in [1.29, 1.82) is 0 Å².